The molecule has 2 aliphatic rings. The smallest absolute Gasteiger partial charge is 0.127 e. The topological polar surface area (TPSA) is 18.5 Å². The number of fused-ring (bicyclic) bond motifs is 7. The van der Waals surface area contributed by atoms with Crippen molar-refractivity contribution in [2.45, 2.75) is 39.0 Å². The van der Waals surface area contributed by atoms with Crippen LogP contribution in [0.3, 0.4) is 0 Å². The number of hydrogen-bond acceptors (Lipinski definition) is 2. The molecule has 4 aromatic carbocycles. The van der Waals surface area contributed by atoms with E-state index in [0.29, 0.717) is 11.8 Å². The molecule has 4 aromatic rings. The van der Waals surface area contributed by atoms with Crippen molar-refractivity contribution in [3.63, 3.8) is 0 Å². The van der Waals surface area contributed by atoms with Gasteiger partial charge in [0.15, 0.2) is 0 Å². The van der Waals surface area contributed by atoms with Gasteiger partial charge in [0.05, 0.1) is 13.2 Å². The van der Waals surface area contributed by atoms with Gasteiger partial charge in [0.25, 0.3) is 0 Å². The first kappa shape index (κ1) is 20.6. The van der Waals surface area contributed by atoms with E-state index >= 15 is 0 Å². The highest BCUT2D eigenvalue weighted by Crippen LogP contribution is 2.47. The maximum Gasteiger partial charge on any atom is 0.127 e. The molecule has 0 amide bonds. The lowest BCUT2D eigenvalue weighted by molar-refractivity contribution is 0.131. The Hall–Kier alpha value is -3.00. The highest BCUT2D eigenvalue weighted by atomic mass is 16.5. The second-order valence-electron chi connectivity index (χ2n) is 9.93. The summed E-state index contributed by atoms with van der Waals surface area (Å²) >= 11 is 0. The molecule has 2 heteroatoms. The van der Waals surface area contributed by atoms with Crippen LogP contribution in [0.25, 0.3) is 32.7 Å². The molecule has 1 fully saturated rings. The Labute approximate surface area is 196 Å². The van der Waals surface area contributed by atoms with Crippen LogP contribution in [0, 0.1) is 17.8 Å². The maximum absolute atomic E-state index is 6.66. The Morgan fingerprint density at radius 1 is 0.667 bits per heavy atom. The molecule has 0 radical (unpaired) electrons. The maximum atomic E-state index is 6.66. The molecule has 0 aromatic heterocycles. The average Bonchev–Trinajstić information content (AvgIpc) is 3.34. The highest BCUT2D eigenvalue weighted by molar-refractivity contribution is 6.09. The molecular weight excluding hydrogens is 404 g/mol. The summed E-state index contributed by atoms with van der Waals surface area (Å²) in [5, 5.41) is 4.90. The summed E-state index contributed by atoms with van der Waals surface area (Å²) in [7, 11) is 0. The van der Waals surface area contributed by atoms with Crippen LogP contribution in [0.1, 0.15) is 39.0 Å². The first-order valence-corrected chi connectivity index (χ1v) is 12.6. The predicted molar refractivity (Wildman–Crippen MR) is 137 cm³/mol. The van der Waals surface area contributed by atoms with E-state index in [1.54, 1.807) is 0 Å². The van der Waals surface area contributed by atoms with Gasteiger partial charge in [-0.05, 0) is 58.4 Å². The van der Waals surface area contributed by atoms with Gasteiger partial charge < -0.3 is 9.47 Å². The van der Waals surface area contributed by atoms with Crippen LogP contribution in [0.15, 0.2) is 72.8 Å². The van der Waals surface area contributed by atoms with Crippen LogP contribution in [-0.4, -0.2) is 13.2 Å². The number of ether oxygens (including phenoxy) is 2. The van der Waals surface area contributed by atoms with Crippen LogP contribution in [0.2, 0.25) is 0 Å². The van der Waals surface area contributed by atoms with Crippen molar-refractivity contribution < 1.29 is 9.47 Å². The van der Waals surface area contributed by atoms with Crippen LogP contribution in [-0.2, 0) is 0 Å². The summed E-state index contributed by atoms with van der Waals surface area (Å²) < 4.78 is 13.3. The number of rotatable bonds is 3. The zero-order valence-corrected chi connectivity index (χ0v) is 19.4. The second kappa shape index (κ2) is 8.74. The van der Waals surface area contributed by atoms with E-state index in [-0.39, 0.29) is 0 Å². The van der Waals surface area contributed by atoms with E-state index in [4.69, 9.17) is 9.47 Å². The lowest BCUT2D eigenvalue weighted by Gasteiger charge is -2.23. The zero-order valence-electron chi connectivity index (χ0n) is 19.4. The Balaban J connectivity index is 1.49. The van der Waals surface area contributed by atoms with Gasteiger partial charge in [-0.3, -0.25) is 0 Å². The van der Waals surface area contributed by atoms with Gasteiger partial charge in [-0.2, -0.15) is 0 Å². The Kier molecular flexibility index (Phi) is 5.46. The third-order valence-electron chi connectivity index (χ3n) is 7.88. The normalized spacial score (nSPS) is 20.9. The summed E-state index contributed by atoms with van der Waals surface area (Å²) in [5.74, 6) is 3.94. The summed E-state index contributed by atoms with van der Waals surface area (Å²) in [6.07, 6.45) is 6.62. The largest absolute Gasteiger partial charge is 0.492 e. The van der Waals surface area contributed by atoms with Crippen molar-refractivity contribution in [1.29, 1.82) is 0 Å². The van der Waals surface area contributed by atoms with Crippen molar-refractivity contribution >= 4 is 21.5 Å². The summed E-state index contributed by atoms with van der Waals surface area (Å²) in [6.45, 7) is 3.75. The van der Waals surface area contributed by atoms with Crippen molar-refractivity contribution in [3.05, 3.63) is 72.8 Å². The average molecular weight is 437 g/mol. The fourth-order valence-corrected chi connectivity index (χ4v) is 6.19. The van der Waals surface area contributed by atoms with Crippen LogP contribution >= 0.6 is 0 Å². The molecule has 1 heterocycles. The van der Waals surface area contributed by atoms with Crippen LogP contribution in [0.5, 0.6) is 11.5 Å². The summed E-state index contributed by atoms with van der Waals surface area (Å²) in [4.78, 5) is 0. The Morgan fingerprint density at radius 2 is 1.24 bits per heavy atom. The summed E-state index contributed by atoms with van der Waals surface area (Å²) in [5.41, 5.74) is 2.33. The minimum atomic E-state index is 0.420. The van der Waals surface area contributed by atoms with E-state index < -0.39 is 0 Å². The molecule has 33 heavy (non-hydrogen) atoms. The molecule has 0 spiro atoms. The molecule has 1 aliphatic heterocycles. The minimum absolute atomic E-state index is 0.420. The molecule has 0 saturated heterocycles. The third-order valence-corrected chi connectivity index (χ3v) is 7.88. The molecule has 2 nitrogen and oxygen atoms in total. The lowest BCUT2D eigenvalue weighted by Crippen LogP contribution is -2.26. The van der Waals surface area contributed by atoms with Crippen molar-refractivity contribution in [2.75, 3.05) is 13.2 Å². The Morgan fingerprint density at radius 3 is 1.82 bits per heavy atom. The molecule has 0 N–H and O–H groups in total. The molecule has 6 rings (SSSR count). The SMILES string of the molecule is CCCC1CCC(C2COc3ccc4ccccc4c3-c3c(ccc4ccccc34)OC2)C1. The van der Waals surface area contributed by atoms with Crippen LogP contribution < -0.4 is 9.47 Å². The highest BCUT2D eigenvalue weighted by Gasteiger charge is 2.33. The van der Waals surface area contributed by atoms with Crippen molar-refractivity contribution in [2.24, 2.45) is 17.8 Å². The molecule has 1 aliphatic carbocycles. The van der Waals surface area contributed by atoms with Gasteiger partial charge in [-0.15, -0.1) is 0 Å². The van der Waals surface area contributed by atoms with E-state index in [1.165, 1.54) is 53.6 Å². The zero-order chi connectivity index (χ0) is 22.2. The van der Waals surface area contributed by atoms with Gasteiger partial charge in [-0.25, -0.2) is 0 Å². The molecular formula is C31H32O2. The van der Waals surface area contributed by atoms with Gasteiger partial charge >= 0.3 is 0 Å². The minimum Gasteiger partial charge on any atom is -0.492 e. The third kappa shape index (κ3) is 3.76. The van der Waals surface area contributed by atoms with Gasteiger partial charge in [-0.1, -0.05) is 86.8 Å². The lowest BCUT2D eigenvalue weighted by atomic mass is 9.90. The quantitative estimate of drug-likeness (QED) is 0.322. The fraction of sp³-hybridized carbons (Fsp3) is 0.355. The molecule has 1 saturated carbocycles. The van der Waals surface area contributed by atoms with E-state index in [0.717, 1.165) is 41.8 Å². The van der Waals surface area contributed by atoms with Crippen molar-refractivity contribution in [3.8, 4) is 22.6 Å². The second-order valence-corrected chi connectivity index (χ2v) is 9.93. The first-order valence-electron chi connectivity index (χ1n) is 12.6. The molecule has 0 bridgehead atoms. The van der Waals surface area contributed by atoms with Gasteiger partial charge in [0, 0.05) is 17.0 Å². The van der Waals surface area contributed by atoms with Crippen LogP contribution in [0.4, 0.5) is 0 Å². The van der Waals surface area contributed by atoms with E-state index in [2.05, 4.69) is 79.7 Å². The first-order chi connectivity index (χ1) is 16.3. The number of hydrogen-bond donors (Lipinski definition) is 0. The van der Waals surface area contributed by atoms with Gasteiger partial charge in [0.1, 0.15) is 11.5 Å². The fourth-order valence-electron chi connectivity index (χ4n) is 6.19. The molecule has 168 valence electrons. The molecule has 2 atom stereocenters. The summed E-state index contributed by atoms with van der Waals surface area (Å²) in [6, 6.07) is 26.0. The van der Waals surface area contributed by atoms with Gasteiger partial charge in [0.2, 0.25) is 0 Å². The monoisotopic (exact) mass is 436 g/mol. The van der Waals surface area contributed by atoms with Crippen molar-refractivity contribution in [1.82, 2.24) is 0 Å². The van der Waals surface area contributed by atoms with E-state index in [1.807, 2.05) is 0 Å². The Bertz CT molecular complexity index is 1200. The number of benzene rings is 4. The standard InChI is InChI=1S/C31H32O2/c1-2-7-21-12-13-24(18-21)25-19-32-28-16-14-22-8-3-5-10-26(22)30(28)31-27-11-6-4-9-23(27)15-17-29(31)33-20-25/h3-6,8-11,14-17,21,24-25H,2,7,12-13,18-20H2,1H3. The van der Waals surface area contributed by atoms with E-state index in [9.17, 15) is 0 Å². The molecule has 2 unspecified atom stereocenters. The predicted octanol–water partition coefficient (Wildman–Crippen LogP) is 8.26.